The fraction of sp³-hybridized carbons (Fsp3) is 0.0476. The maximum Gasteiger partial charge on any atom is 0.286 e. The van der Waals surface area contributed by atoms with Gasteiger partial charge in [-0.2, -0.15) is 4.99 Å². The fourth-order valence-corrected chi connectivity index (χ4v) is 3.96. The van der Waals surface area contributed by atoms with Crippen LogP contribution in [0.5, 0.6) is 5.75 Å². The van der Waals surface area contributed by atoms with Crippen molar-refractivity contribution < 1.29 is 9.53 Å². The van der Waals surface area contributed by atoms with Gasteiger partial charge >= 0.3 is 0 Å². The summed E-state index contributed by atoms with van der Waals surface area (Å²) in [4.78, 5) is 16.1. The molecule has 0 fully saturated rings. The summed E-state index contributed by atoms with van der Waals surface area (Å²) in [5, 5.41) is 2.61. The molecule has 0 atom stereocenters. The highest BCUT2D eigenvalue weighted by molar-refractivity contribution is 9.10. The summed E-state index contributed by atoms with van der Waals surface area (Å²) in [5.74, 6) is 0.370. The molecule has 6 heteroatoms. The molecule has 27 heavy (non-hydrogen) atoms. The molecule has 1 heterocycles. The molecular weight excluding hydrogens is 424 g/mol. The minimum atomic E-state index is -0.322. The summed E-state index contributed by atoms with van der Waals surface area (Å²) in [7, 11) is 0. The first-order chi connectivity index (χ1) is 13.1. The summed E-state index contributed by atoms with van der Waals surface area (Å²) in [6.07, 6.45) is 1.76. The maximum absolute atomic E-state index is 11.9. The van der Waals surface area contributed by atoms with Crippen molar-refractivity contribution in [2.24, 2.45) is 10.7 Å². The SMILES string of the molecule is NC1=NC(=O)/C(=C\c2cc(Br)ccc2OCc2cccc3ccccc23)S1. The van der Waals surface area contributed by atoms with E-state index in [1.165, 1.54) is 22.5 Å². The third-order valence-corrected chi connectivity index (χ3v) is 5.46. The van der Waals surface area contributed by atoms with Gasteiger partial charge in [-0.1, -0.05) is 58.4 Å². The number of benzene rings is 3. The van der Waals surface area contributed by atoms with E-state index in [-0.39, 0.29) is 11.1 Å². The fourth-order valence-electron chi connectivity index (χ4n) is 2.90. The van der Waals surface area contributed by atoms with Gasteiger partial charge in [-0.15, -0.1) is 0 Å². The molecule has 4 rings (SSSR count). The summed E-state index contributed by atoms with van der Waals surface area (Å²) in [6.45, 7) is 0.429. The lowest BCUT2D eigenvalue weighted by atomic mass is 10.1. The van der Waals surface area contributed by atoms with Crippen LogP contribution >= 0.6 is 27.7 Å². The van der Waals surface area contributed by atoms with Crippen LogP contribution in [0.4, 0.5) is 0 Å². The Morgan fingerprint density at radius 2 is 1.93 bits per heavy atom. The van der Waals surface area contributed by atoms with Gasteiger partial charge in [-0.3, -0.25) is 4.79 Å². The molecule has 0 aliphatic carbocycles. The minimum Gasteiger partial charge on any atom is -0.488 e. The van der Waals surface area contributed by atoms with Gasteiger partial charge in [0.2, 0.25) is 0 Å². The number of amidine groups is 1. The van der Waals surface area contributed by atoms with E-state index >= 15 is 0 Å². The van der Waals surface area contributed by atoms with Crippen molar-refractivity contribution in [1.29, 1.82) is 0 Å². The van der Waals surface area contributed by atoms with Crippen LogP contribution in [-0.4, -0.2) is 11.1 Å². The van der Waals surface area contributed by atoms with Gasteiger partial charge < -0.3 is 10.5 Å². The van der Waals surface area contributed by atoms with E-state index in [1.807, 2.05) is 36.4 Å². The van der Waals surface area contributed by atoms with Gasteiger partial charge in [0, 0.05) is 10.0 Å². The van der Waals surface area contributed by atoms with Crippen LogP contribution in [0.1, 0.15) is 11.1 Å². The normalized spacial score (nSPS) is 15.4. The number of hydrogen-bond donors (Lipinski definition) is 1. The zero-order valence-electron chi connectivity index (χ0n) is 14.2. The Labute approximate surface area is 169 Å². The lowest BCUT2D eigenvalue weighted by Crippen LogP contribution is -2.01. The molecule has 4 nitrogen and oxygen atoms in total. The topological polar surface area (TPSA) is 64.7 Å². The van der Waals surface area contributed by atoms with Gasteiger partial charge in [0.1, 0.15) is 12.4 Å². The Morgan fingerprint density at radius 3 is 2.74 bits per heavy atom. The number of ether oxygens (including phenoxy) is 1. The lowest BCUT2D eigenvalue weighted by Gasteiger charge is -2.12. The lowest BCUT2D eigenvalue weighted by molar-refractivity contribution is -0.113. The Kier molecular flexibility index (Phi) is 5.01. The highest BCUT2D eigenvalue weighted by Crippen LogP contribution is 2.32. The average molecular weight is 439 g/mol. The van der Waals surface area contributed by atoms with Crippen LogP contribution in [-0.2, 0) is 11.4 Å². The Morgan fingerprint density at radius 1 is 1.11 bits per heavy atom. The Bertz CT molecular complexity index is 1100. The second kappa shape index (κ2) is 7.58. The largest absolute Gasteiger partial charge is 0.488 e. The zero-order valence-corrected chi connectivity index (χ0v) is 16.6. The van der Waals surface area contributed by atoms with E-state index in [9.17, 15) is 4.79 Å². The molecule has 0 aromatic heterocycles. The first-order valence-corrected chi connectivity index (χ1v) is 9.88. The molecule has 0 unspecified atom stereocenters. The van der Waals surface area contributed by atoms with Crippen molar-refractivity contribution in [3.63, 3.8) is 0 Å². The van der Waals surface area contributed by atoms with E-state index in [0.717, 1.165) is 15.6 Å². The van der Waals surface area contributed by atoms with Gasteiger partial charge in [-0.05, 0) is 52.4 Å². The summed E-state index contributed by atoms with van der Waals surface area (Å²) >= 11 is 4.64. The Hall–Kier alpha value is -2.57. The summed E-state index contributed by atoms with van der Waals surface area (Å²) < 4.78 is 7.00. The number of fused-ring (bicyclic) bond motifs is 1. The van der Waals surface area contributed by atoms with Crippen molar-refractivity contribution in [3.05, 3.63) is 81.2 Å². The molecule has 0 radical (unpaired) electrons. The van der Waals surface area contributed by atoms with E-state index in [0.29, 0.717) is 17.3 Å². The highest BCUT2D eigenvalue weighted by Gasteiger charge is 2.20. The van der Waals surface area contributed by atoms with Crippen molar-refractivity contribution in [2.75, 3.05) is 0 Å². The van der Waals surface area contributed by atoms with Crippen LogP contribution < -0.4 is 10.5 Å². The summed E-state index contributed by atoms with van der Waals surface area (Å²) in [5.41, 5.74) is 7.54. The van der Waals surface area contributed by atoms with Crippen LogP contribution in [0.2, 0.25) is 0 Å². The third-order valence-electron chi connectivity index (χ3n) is 4.16. The molecule has 1 aliphatic rings. The molecule has 3 aromatic carbocycles. The number of thioether (sulfide) groups is 1. The first-order valence-electron chi connectivity index (χ1n) is 8.27. The quantitative estimate of drug-likeness (QED) is 0.574. The van der Waals surface area contributed by atoms with Gasteiger partial charge in [0.25, 0.3) is 5.91 Å². The molecule has 0 saturated heterocycles. The zero-order chi connectivity index (χ0) is 18.8. The van der Waals surface area contributed by atoms with E-state index in [4.69, 9.17) is 10.5 Å². The van der Waals surface area contributed by atoms with Crippen LogP contribution in [0, 0.1) is 0 Å². The molecule has 1 aliphatic heterocycles. The Balaban J connectivity index is 1.63. The van der Waals surface area contributed by atoms with E-state index < -0.39 is 0 Å². The van der Waals surface area contributed by atoms with Gasteiger partial charge in [0.15, 0.2) is 5.17 Å². The molecular formula is C21H15BrN2O2S. The molecule has 3 aromatic rings. The van der Waals surface area contributed by atoms with Crippen molar-refractivity contribution in [3.8, 4) is 5.75 Å². The van der Waals surface area contributed by atoms with E-state index in [2.05, 4.69) is 45.2 Å². The second-order valence-electron chi connectivity index (χ2n) is 5.97. The molecule has 1 amide bonds. The van der Waals surface area contributed by atoms with Gasteiger partial charge in [0.05, 0.1) is 4.91 Å². The number of aliphatic imine (C=N–C) groups is 1. The molecule has 0 spiro atoms. The average Bonchev–Trinajstić information content (AvgIpc) is 2.98. The van der Waals surface area contributed by atoms with Crippen LogP contribution in [0.15, 0.2) is 75.0 Å². The van der Waals surface area contributed by atoms with Crippen LogP contribution in [0.3, 0.4) is 0 Å². The number of halogens is 1. The predicted molar refractivity (Wildman–Crippen MR) is 115 cm³/mol. The van der Waals surface area contributed by atoms with Crippen molar-refractivity contribution in [2.45, 2.75) is 6.61 Å². The molecule has 134 valence electrons. The maximum atomic E-state index is 11.9. The molecule has 0 saturated carbocycles. The van der Waals surface area contributed by atoms with Crippen molar-refractivity contribution in [1.82, 2.24) is 0 Å². The number of amides is 1. The van der Waals surface area contributed by atoms with E-state index in [1.54, 1.807) is 6.08 Å². The number of nitrogens with two attached hydrogens (primary N) is 1. The summed E-state index contributed by atoms with van der Waals surface area (Å²) in [6, 6.07) is 20.1. The van der Waals surface area contributed by atoms with Gasteiger partial charge in [-0.25, -0.2) is 0 Å². The second-order valence-corrected chi connectivity index (χ2v) is 7.95. The molecule has 2 N–H and O–H groups in total. The highest BCUT2D eigenvalue weighted by atomic mass is 79.9. The predicted octanol–water partition coefficient (Wildman–Crippen LogP) is 5.11. The number of hydrogen-bond acceptors (Lipinski definition) is 4. The number of nitrogens with zero attached hydrogens (tertiary/aromatic N) is 1. The number of rotatable bonds is 4. The third kappa shape index (κ3) is 3.91. The first kappa shape index (κ1) is 17.8. The molecule has 0 bridgehead atoms. The monoisotopic (exact) mass is 438 g/mol. The number of carbonyl (C=O) groups excluding carboxylic acids is 1. The standard InChI is InChI=1S/C21H15BrN2O2S/c22-16-8-9-18(15(10-16)11-19-20(25)24-21(23)27-19)26-12-14-6-3-5-13-4-1-2-7-17(13)14/h1-11H,12H2,(H2,23,24,25)/b19-11+. The smallest absolute Gasteiger partial charge is 0.286 e. The number of carbonyl (C=O) groups is 1. The van der Waals surface area contributed by atoms with Crippen LogP contribution in [0.25, 0.3) is 16.8 Å². The van der Waals surface area contributed by atoms with Crippen molar-refractivity contribution >= 4 is 55.6 Å². The minimum absolute atomic E-state index is 0.263.